The lowest BCUT2D eigenvalue weighted by molar-refractivity contribution is -0.127. The summed E-state index contributed by atoms with van der Waals surface area (Å²) in [6.45, 7) is 0. The molecule has 14 heavy (non-hydrogen) atoms. The zero-order chi connectivity index (χ0) is 10.8. The molecule has 0 N–H and O–H groups in total. The van der Waals surface area contributed by atoms with E-state index in [1.807, 2.05) is 0 Å². The van der Waals surface area contributed by atoms with Gasteiger partial charge in [0.05, 0.1) is 6.42 Å². The molecule has 5 heteroatoms. The second kappa shape index (κ2) is 3.94. The monoisotopic (exact) mass is 209 g/mol. The van der Waals surface area contributed by atoms with E-state index in [4.69, 9.17) is 0 Å². The normalized spacial score (nSPS) is 11.8. The first-order valence-electron chi connectivity index (χ1n) is 3.73. The third-order valence-corrected chi connectivity index (χ3v) is 1.51. The van der Waals surface area contributed by atoms with E-state index < -0.39 is 24.2 Å². The average Bonchev–Trinajstić information content (AvgIpc) is 2.06. The molecule has 0 bridgehead atoms. The Morgan fingerprint density at radius 1 is 1.07 bits per heavy atom. The third-order valence-electron chi connectivity index (χ3n) is 1.51. The average molecular weight is 209 g/mol. The lowest BCUT2D eigenvalue weighted by Crippen LogP contribution is -2.07. The Labute approximate surface area is 77.4 Å². The van der Waals surface area contributed by atoms with Gasteiger partial charge in [-0.15, -0.1) is 0 Å². The van der Waals surface area contributed by atoms with Crippen LogP contribution in [0.3, 0.4) is 0 Å². The summed E-state index contributed by atoms with van der Waals surface area (Å²) in [4.78, 5) is 0. The van der Waals surface area contributed by atoms with Crippen LogP contribution in [0.2, 0.25) is 0 Å². The second-order valence-electron chi connectivity index (χ2n) is 2.70. The molecule has 0 aromatic heterocycles. The van der Waals surface area contributed by atoms with E-state index in [0.717, 1.165) is 24.6 Å². The highest BCUT2D eigenvalue weighted by Crippen LogP contribution is 2.23. The van der Waals surface area contributed by atoms with Crippen LogP contribution < -0.4 is 0 Å². The maximum absolute atomic E-state index is 12.5. The van der Waals surface area contributed by atoms with Crippen LogP contribution in [0.5, 0.6) is 0 Å². The van der Waals surface area contributed by atoms with Gasteiger partial charge in [0.15, 0.2) is 11.6 Å². The van der Waals surface area contributed by atoms with E-state index in [0.29, 0.717) is 0 Å². The Morgan fingerprint density at radius 2 is 1.71 bits per heavy atom. The first-order chi connectivity index (χ1) is 6.38. The van der Waals surface area contributed by atoms with Crippen molar-refractivity contribution in [3.8, 4) is 0 Å². The van der Waals surface area contributed by atoms with E-state index in [1.54, 1.807) is 0 Å². The fourth-order valence-electron chi connectivity index (χ4n) is 0.873. The van der Waals surface area contributed by atoms with Gasteiger partial charge >= 0.3 is 6.18 Å². The topological polar surface area (TPSA) is 0 Å². The van der Waals surface area contributed by atoms with Crippen molar-refractivity contribution in [1.29, 1.82) is 0 Å². The van der Waals surface area contributed by atoms with Crippen LogP contribution in [0.25, 0.3) is 0 Å². The highest BCUT2D eigenvalue weighted by molar-refractivity contribution is 5.24. The Kier molecular flexibility index (Phi) is 3.08. The molecule has 1 aromatic carbocycles. The number of hydrogen-bond acceptors (Lipinski definition) is 0. The lowest BCUT2D eigenvalue weighted by atomic mass is 10.1. The van der Waals surface area contributed by atoms with Gasteiger partial charge in [-0.3, -0.25) is 0 Å². The van der Waals surface area contributed by atoms with E-state index in [-0.39, 0.29) is 5.56 Å². The molecule has 0 atom stereocenters. The molecular formula is C9H6F5. The third kappa shape index (κ3) is 3.32. The van der Waals surface area contributed by atoms with Gasteiger partial charge in [0.25, 0.3) is 0 Å². The zero-order valence-corrected chi connectivity index (χ0v) is 6.91. The van der Waals surface area contributed by atoms with Crippen molar-refractivity contribution >= 4 is 0 Å². The smallest absolute Gasteiger partial charge is 0.204 e. The van der Waals surface area contributed by atoms with E-state index in [1.165, 1.54) is 0 Å². The Hall–Kier alpha value is -1.13. The molecule has 1 rings (SSSR count). The summed E-state index contributed by atoms with van der Waals surface area (Å²) < 4.78 is 60.1. The molecule has 1 radical (unpaired) electrons. The van der Waals surface area contributed by atoms with Crippen molar-refractivity contribution in [2.75, 3.05) is 0 Å². The number of benzene rings is 1. The molecule has 0 aliphatic rings. The first-order valence-corrected chi connectivity index (χ1v) is 3.73. The SMILES string of the molecule is Fc1ccc([CH]CC(F)(F)F)cc1F. The summed E-state index contributed by atoms with van der Waals surface area (Å²) in [6.07, 6.45) is -4.69. The fraction of sp³-hybridized carbons (Fsp3) is 0.222. The quantitative estimate of drug-likeness (QED) is 0.654. The molecule has 0 unspecified atom stereocenters. The predicted molar refractivity (Wildman–Crippen MR) is 40.4 cm³/mol. The first kappa shape index (κ1) is 10.9. The molecule has 77 valence electrons. The van der Waals surface area contributed by atoms with E-state index in [2.05, 4.69) is 0 Å². The van der Waals surface area contributed by atoms with Crippen molar-refractivity contribution < 1.29 is 22.0 Å². The van der Waals surface area contributed by atoms with Crippen LogP contribution in [0.4, 0.5) is 22.0 Å². The van der Waals surface area contributed by atoms with Crippen LogP contribution in [-0.2, 0) is 0 Å². The molecule has 0 aliphatic heterocycles. The Bertz CT molecular complexity index is 315. The van der Waals surface area contributed by atoms with Crippen molar-refractivity contribution in [3.63, 3.8) is 0 Å². The molecule has 0 heterocycles. The highest BCUT2D eigenvalue weighted by Gasteiger charge is 2.26. The van der Waals surface area contributed by atoms with Crippen LogP contribution in [0.15, 0.2) is 18.2 Å². The Balaban J connectivity index is 2.65. The molecule has 1 aromatic rings. The predicted octanol–water partition coefficient (Wildman–Crippen LogP) is 3.47. The molecular weight excluding hydrogens is 203 g/mol. The summed E-state index contributed by atoms with van der Waals surface area (Å²) in [5.41, 5.74) is 0.0150. The summed E-state index contributed by atoms with van der Waals surface area (Å²) >= 11 is 0. The minimum atomic E-state index is -4.33. The molecule has 0 spiro atoms. The van der Waals surface area contributed by atoms with Crippen LogP contribution >= 0.6 is 0 Å². The largest absolute Gasteiger partial charge is 0.389 e. The van der Waals surface area contributed by atoms with Gasteiger partial charge in [-0.25, -0.2) is 8.78 Å². The maximum atomic E-state index is 12.5. The minimum Gasteiger partial charge on any atom is -0.204 e. The maximum Gasteiger partial charge on any atom is 0.389 e. The van der Waals surface area contributed by atoms with Crippen molar-refractivity contribution in [2.24, 2.45) is 0 Å². The van der Waals surface area contributed by atoms with Gasteiger partial charge in [-0.1, -0.05) is 6.07 Å². The molecule has 0 saturated carbocycles. The number of halogens is 5. The molecule has 0 saturated heterocycles. The minimum absolute atomic E-state index is 0.0150. The summed E-state index contributed by atoms with van der Waals surface area (Å²) in [5, 5.41) is 0. The van der Waals surface area contributed by atoms with Gasteiger partial charge in [0, 0.05) is 0 Å². The van der Waals surface area contributed by atoms with Gasteiger partial charge in [-0.2, -0.15) is 13.2 Å². The summed E-state index contributed by atoms with van der Waals surface area (Å²) in [7, 11) is 0. The van der Waals surface area contributed by atoms with Crippen LogP contribution in [-0.4, -0.2) is 6.18 Å². The van der Waals surface area contributed by atoms with Gasteiger partial charge < -0.3 is 0 Å². The summed E-state index contributed by atoms with van der Waals surface area (Å²) in [5.74, 6) is -2.23. The molecule has 0 nitrogen and oxygen atoms in total. The molecule has 0 fully saturated rings. The highest BCUT2D eigenvalue weighted by atomic mass is 19.4. The van der Waals surface area contributed by atoms with Crippen LogP contribution in [0.1, 0.15) is 12.0 Å². The second-order valence-corrected chi connectivity index (χ2v) is 2.70. The number of hydrogen-bond donors (Lipinski definition) is 0. The van der Waals surface area contributed by atoms with Gasteiger partial charge in [0.1, 0.15) is 0 Å². The van der Waals surface area contributed by atoms with Crippen molar-refractivity contribution in [3.05, 3.63) is 41.8 Å². The summed E-state index contributed by atoms with van der Waals surface area (Å²) in [6, 6.07) is 2.60. The van der Waals surface area contributed by atoms with Crippen LogP contribution in [0, 0.1) is 18.1 Å². The zero-order valence-electron chi connectivity index (χ0n) is 6.91. The van der Waals surface area contributed by atoms with Gasteiger partial charge in [-0.05, 0) is 24.1 Å². The standard InChI is InChI=1S/C9H6F5/c10-7-2-1-6(5-8(7)11)3-4-9(12,13)14/h1-3,5H,4H2. The van der Waals surface area contributed by atoms with E-state index >= 15 is 0 Å². The molecule has 0 aliphatic carbocycles. The Morgan fingerprint density at radius 3 is 2.21 bits per heavy atom. The molecule has 0 amide bonds. The van der Waals surface area contributed by atoms with Crippen molar-refractivity contribution in [1.82, 2.24) is 0 Å². The van der Waals surface area contributed by atoms with Crippen molar-refractivity contribution in [2.45, 2.75) is 12.6 Å². The number of rotatable bonds is 2. The number of alkyl halides is 3. The fourth-order valence-corrected chi connectivity index (χ4v) is 0.873. The van der Waals surface area contributed by atoms with E-state index in [9.17, 15) is 22.0 Å². The van der Waals surface area contributed by atoms with Gasteiger partial charge in [0.2, 0.25) is 0 Å². The lowest BCUT2D eigenvalue weighted by Gasteiger charge is -2.05.